The number of likely N-dealkylation sites (tertiary alicyclic amines) is 1. The molecule has 116 valence electrons. The SMILES string of the molecule is CN(CCN1CCCC1)c1nc(N)nc(N2CCCC2)n1. The van der Waals surface area contributed by atoms with Crippen molar-refractivity contribution in [3.63, 3.8) is 0 Å². The fraction of sp³-hybridized carbons (Fsp3) is 0.786. The van der Waals surface area contributed by atoms with E-state index in [1.165, 1.54) is 38.8 Å². The number of hydrogen-bond donors (Lipinski definition) is 1. The van der Waals surface area contributed by atoms with E-state index >= 15 is 0 Å². The number of likely N-dealkylation sites (N-methyl/N-ethyl adjacent to an activating group) is 1. The average molecular weight is 291 g/mol. The molecular formula is C14H25N7. The highest BCUT2D eigenvalue weighted by molar-refractivity contribution is 5.43. The first-order valence-electron chi connectivity index (χ1n) is 7.92. The quantitative estimate of drug-likeness (QED) is 0.851. The van der Waals surface area contributed by atoms with E-state index in [1.807, 2.05) is 7.05 Å². The summed E-state index contributed by atoms with van der Waals surface area (Å²) in [5, 5.41) is 0. The third-order valence-corrected chi connectivity index (χ3v) is 4.31. The molecule has 2 N–H and O–H groups in total. The molecule has 1 aromatic heterocycles. The Hall–Kier alpha value is -1.63. The first kappa shape index (κ1) is 14.3. The molecule has 7 nitrogen and oxygen atoms in total. The second-order valence-corrected chi connectivity index (χ2v) is 5.96. The highest BCUT2D eigenvalue weighted by Gasteiger charge is 2.18. The number of nitrogens with zero attached hydrogens (tertiary/aromatic N) is 6. The van der Waals surface area contributed by atoms with Gasteiger partial charge in [-0.2, -0.15) is 15.0 Å². The summed E-state index contributed by atoms with van der Waals surface area (Å²) in [6, 6.07) is 0. The number of aromatic nitrogens is 3. The summed E-state index contributed by atoms with van der Waals surface area (Å²) in [5.74, 6) is 1.72. The van der Waals surface area contributed by atoms with E-state index in [0.29, 0.717) is 11.9 Å². The molecule has 2 saturated heterocycles. The molecule has 2 aliphatic heterocycles. The van der Waals surface area contributed by atoms with Gasteiger partial charge in [-0.05, 0) is 38.8 Å². The van der Waals surface area contributed by atoms with E-state index in [2.05, 4.69) is 29.7 Å². The van der Waals surface area contributed by atoms with Crippen molar-refractivity contribution in [1.82, 2.24) is 19.9 Å². The van der Waals surface area contributed by atoms with Gasteiger partial charge >= 0.3 is 0 Å². The number of hydrogen-bond acceptors (Lipinski definition) is 7. The molecule has 0 amide bonds. The number of nitrogen functional groups attached to an aromatic ring is 1. The molecule has 0 bridgehead atoms. The van der Waals surface area contributed by atoms with E-state index < -0.39 is 0 Å². The summed E-state index contributed by atoms with van der Waals surface area (Å²) in [4.78, 5) is 19.9. The fourth-order valence-corrected chi connectivity index (χ4v) is 3.00. The Morgan fingerprint density at radius 2 is 1.67 bits per heavy atom. The molecule has 3 heterocycles. The van der Waals surface area contributed by atoms with Gasteiger partial charge in [0.15, 0.2) is 0 Å². The highest BCUT2D eigenvalue weighted by Crippen LogP contribution is 2.19. The minimum Gasteiger partial charge on any atom is -0.368 e. The van der Waals surface area contributed by atoms with Gasteiger partial charge in [0.1, 0.15) is 0 Å². The molecule has 0 radical (unpaired) electrons. The molecular weight excluding hydrogens is 266 g/mol. The normalized spacial score (nSPS) is 19.4. The topological polar surface area (TPSA) is 74.4 Å². The molecule has 7 heteroatoms. The lowest BCUT2D eigenvalue weighted by molar-refractivity contribution is 0.346. The summed E-state index contributed by atoms with van der Waals surface area (Å²) >= 11 is 0. The molecule has 0 aromatic carbocycles. The van der Waals surface area contributed by atoms with Gasteiger partial charge in [0.25, 0.3) is 0 Å². The van der Waals surface area contributed by atoms with Crippen molar-refractivity contribution < 1.29 is 0 Å². The van der Waals surface area contributed by atoms with E-state index in [-0.39, 0.29) is 0 Å². The van der Waals surface area contributed by atoms with Crippen LogP contribution in [0.1, 0.15) is 25.7 Å². The van der Waals surface area contributed by atoms with Gasteiger partial charge in [-0.25, -0.2) is 0 Å². The van der Waals surface area contributed by atoms with Crippen LogP contribution in [-0.4, -0.2) is 66.2 Å². The molecule has 0 saturated carbocycles. The lowest BCUT2D eigenvalue weighted by Gasteiger charge is -2.23. The Balaban J connectivity index is 1.65. The van der Waals surface area contributed by atoms with Crippen LogP contribution in [-0.2, 0) is 0 Å². The first-order valence-corrected chi connectivity index (χ1v) is 7.92. The van der Waals surface area contributed by atoms with Crippen LogP contribution < -0.4 is 15.5 Å². The lowest BCUT2D eigenvalue weighted by atomic mass is 10.4. The van der Waals surface area contributed by atoms with Gasteiger partial charge < -0.3 is 20.4 Å². The van der Waals surface area contributed by atoms with Crippen LogP contribution >= 0.6 is 0 Å². The van der Waals surface area contributed by atoms with Crippen molar-refractivity contribution in [2.24, 2.45) is 0 Å². The van der Waals surface area contributed by atoms with Crippen molar-refractivity contribution in [3.8, 4) is 0 Å². The minimum absolute atomic E-state index is 0.315. The van der Waals surface area contributed by atoms with Gasteiger partial charge in [0.05, 0.1) is 0 Å². The maximum absolute atomic E-state index is 5.86. The largest absolute Gasteiger partial charge is 0.368 e. The van der Waals surface area contributed by atoms with Crippen LogP contribution in [0.15, 0.2) is 0 Å². The Morgan fingerprint density at radius 3 is 2.38 bits per heavy atom. The van der Waals surface area contributed by atoms with Crippen LogP contribution in [0.25, 0.3) is 0 Å². The van der Waals surface area contributed by atoms with Crippen LogP contribution in [0.3, 0.4) is 0 Å². The zero-order chi connectivity index (χ0) is 14.7. The van der Waals surface area contributed by atoms with E-state index in [1.54, 1.807) is 0 Å². The molecule has 3 rings (SSSR count). The summed E-state index contributed by atoms with van der Waals surface area (Å²) < 4.78 is 0. The van der Waals surface area contributed by atoms with Crippen molar-refractivity contribution in [2.75, 3.05) is 61.8 Å². The summed E-state index contributed by atoms with van der Waals surface area (Å²) in [5.41, 5.74) is 5.86. The second kappa shape index (κ2) is 6.43. The molecule has 1 aromatic rings. The number of anilines is 3. The van der Waals surface area contributed by atoms with Gasteiger partial charge in [-0.3, -0.25) is 0 Å². The van der Waals surface area contributed by atoms with Gasteiger partial charge in [-0.1, -0.05) is 0 Å². The molecule has 0 unspecified atom stereocenters. The summed E-state index contributed by atoms with van der Waals surface area (Å²) in [6.07, 6.45) is 5.04. The lowest BCUT2D eigenvalue weighted by Crippen LogP contribution is -2.33. The van der Waals surface area contributed by atoms with Crippen LogP contribution in [0, 0.1) is 0 Å². The van der Waals surface area contributed by atoms with Crippen LogP contribution in [0.4, 0.5) is 17.8 Å². The molecule has 2 fully saturated rings. The Kier molecular flexibility index (Phi) is 4.38. The summed E-state index contributed by atoms with van der Waals surface area (Å²) in [6.45, 7) is 6.43. The van der Waals surface area contributed by atoms with E-state index in [4.69, 9.17) is 5.73 Å². The number of nitrogens with two attached hydrogens (primary N) is 1. The molecule has 0 atom stereocenters. The maximum atomic E-state index is 5.86. The first-order chi connectivity index (χ1) is 10.2. The smallest absolute Gasteiger partial charge is 0.231 e. The van der Waals surface area contributed by atoms with Crippen LogP contribution in [0.5, 0.6) is 0 Å². The predicted octanol–water partition coefficient (Wildman–Crippen LogP) is 0.586. The van der Waals surface area contributed by atoms with Gasteiger partial charge in [0.2, 0.25) is 17.8 Å². The van der Waals surface area contributed by atoms with Crippen LogP contribution in [0.2, 0.25) is 0 Å². The molecule has 0 aliphatic carbocycles. The van der Waals surface area contributed by atoms with Crippen molar-refractivity contribution in [1.29, 1.82) is 0 Å². The average Bonchev–Trinajstić information content (AvgIpc) is 3.17. The third kappa shape index (κ3) is 3.53. The summed E-state index contributed by atoms with van der Waals surface area (Å²) in [7, 11) is 2.03. The second-order valence-electron chi connectivity index (χ2n) is 5.96. The molecule has 0 spiro atoms. The molecule has 21 heavy (non-hydrogen) atoms. The predicted molar refractivity (Wildman–Crippen MR) is 84.6 cm³/mol. The number of rotatable bonds is 5. The van der Waals surface area contributed by atoms with E-state index in [0.717, 1.165) is 32.1 Å². The van der Waals surface area contributed by atoms with Crippen molar-refractivity contribution in [2.45, 2.75) is 25.7 Å². The van der Waals surface area contributed by atoms with Gasteiger partial charge in [0, 0.05) is 33.2 Å². The standard InChI is InChI=1S/C14H25N7/c1-19(10-11-20-6-2-3-7-20)13-16-12(15)17-14(18-13)21-8-4-5-9-21/h2-11H2,1H3,(H2,15,16,17,18). The highest BCUT2D eigenvalue weighted by atomic mass is 15.4. The monoisotopic (exact) mass is 291 g/mol. The van der Waals surface area contributed by atoms with Gasteiger partial charge in [-0.15, -0.1) is 0 Å². The third-order valence-electron chi connectivity index (χ3n) is 4.31. The molecule has 2 aliphatic rings. The van der Waals surface area contributed by atoms with E-state index in [9.17, 15) is 0 Å². The minimum atomic E-state index is 0.315. The maximum Gasteiger partial charge on any atom is 0.231 e. The zero-order valence-electron chi connectivity index (χ0n) is 12.8. The zero-order valence-corrected chi connectivity index (χ0v) is 12.8. The van der Waals surface area contributed by atoms with Crippen molar-refractivity contribution >= 4 is 17.8 Å². The van der Waals surface area contributed by atoms with Crippen molar-refractivity contribution in [3.05, 3.63) is 0 Å². The Labute approximate surface area is 126 Å². The Morgan fingerprint density at radius 1 is 1.00 bits per heavy atom. The fourth-order valence-electron chi connectivity index (χ4n) is 3.00. The Bertz CT molecular complexity index is 466.